The van der Waals surface area contributed by atoms with Crippen molar-refractivity contribution in [2.24, 2.45) is 17.8 Å². The van der Waals surface area contributed by atoms with Crippen molar-refractivity contribution >= 4 is 16.6 Å². The van der Waals surface area contributed by atoms with Crippen molar-refractivity contribution in [3.05, 3.63) is 42.0 Å². The summed E-state index contributed by atoms with van der Waals surface area (Å²) < 4.78 is 46.1. The quantitative estimate of drug-likeness (QED) is 0.676. The Balaban J connectivity index is 1.61. The zero-order valence-corrected chi connectivity index (χ0v) is 15.8. The SMILES string of the molecule is COc1ccc2cc(C(=O)[C@H]3CN(CC4CC4)CC[C@@H]3C(F)(F)F)ccc2c1. The van der Waals surface area contributed by atoms with Gasteiger partial charge in [-0.15, -0.1) is 0 Å². The largest absolute Gasteiger partial charge is 0.497 e. The van der Waals surface area contributed by atoms with Crippen molar-refractivity contribution in [1.29, 1.82) is 0 Å². The molecule has 2 aliphatic rings. The lowest BCUT2D eigenvalue weighted by molar-refractivity contribution is -0.195. The van der Waals surface area contributed by atoms with Gasteiger partial charge < -0.3 is 9.64 Å². The summed E-state index contributed by atoms with van der Waals surface area (Å²) in [6, 6.07) is 10.6. The van der Waals surface area contributed by atoms with E-state index in [-0.39, 0.29) is 13.0 Å². The minimum Gasteiger partial charge on any atom is -0.497 e. The highest BCUT2D eigenvalue weighted by Crippen LogP contribution is 2.41. The molecule has 1 saturated heterocycles. The lowest BCUT2D eigenvalue weighted by Gasteiger charge is -2.38. The Morgan fingerprint density at radius 2 is 1.82 bits per heavy atom. The minimum atomic E-state index is -4.35. The van der Waals surface area contributed by atoms with Gasteiger partial charge in [0.05, 0.1) is 13.0 Å². The summed E-state index contributed by atoms with van der Waals surface area (Å²) in [6.07, 6.45) is -2.06. The molecule has 0 N–H and O–H groups in total. The Labute approximate surface area is 162 Å². The molecule has 150 valence electrons. The van der Waals surface area contributed by atoms with Crippen molar-refractivity contribution < 1.29 is 22.7 Å². The fourth-order valence-electron chi connectivity index (χ4n) is 4.23. The van der Waals surface area contributed by atoms with Gasteiger partial charge in [-0.25, -0.2) is 0 Å². The molecule has 2 aromatic rings. The topological polar surface area (TPSA) is 29.5 Å². The van der Waals surface area contributed by atoms with Crippen LogP contribution in [0.5, 0.6) is 5.75 Å². The third kappa shape index (κ3) is 4.02. The number of benzene rings is 2. The molecule has 2 fully saturated rings. The first kappa shape index (κ1) is 19.2. The van der Waals surface area contributed by atoms with Crippen LogP contribution in [0.3, 0.4) is 0 Å². The molecule has 28 heavy (non-hydrogen) atoms. The van der Waals surface area contributed by atoms with Crippen LogP contribution in [0.2, 0.25) is 0 Å². The maximum atomic E-state index is 13.6. The number of methoxy groups -OCH3 is 1. The number of fused-ring (bicyclic) bond motifs is 1. The Morgan fingerprint density at radius 1 is 1.11 bits per heavy atom. The number of piperidine rings is 1. The number of carbonyl (C=O) groups is 1. The monoisotopic (exact) mass is 391 g/mol. The lowest BCUT2D eigenvalue weighted by atomic mass is 9.79. The first-order chi connectivity index (χ1) is 13.3. The standard InChI is InChI=1S/C22H24F3NO2/c1-28-18-7-6-15-10-17(5-4-16(15)11-18)21(27)19-13-26(12-14-2-3-14)9-8-20(19)22(23,24)25/h4-7,10-11,14,19-20H,2-3,8-9,12-13H2,1H3/t19-,20-/m0/s1. The number of nitrogens with zero attached hydrogens (tertiary/aromatic N) is 1. The fraction of sp³-hybridized carbons (Fsp3) is 0.500. The Bertz CT molecular complexity index is 876. The second-order valence-electron chi connectivity index (χ2n) is 8.04. The highest BCUT2D eigenvalue weighted by molar-refractivity contribution is 6.01. The van der Waals surface area contributed by atoms with E-state index >= 15 is 0 Å². The van der Waals surface area contributed by atoms with E-state index in [1.54, 1.807) is 31.4 Å². The van der Waals surface area contributed by atoms with E-state index < -0.39 is 23.8 Å². The average molecular weight is 391 g/mol. The number of ketones is 1. The highest BCUT2D eigenvalue weighted by Gasteiger charge is 2.49. The third-order valence-corrected chi connectivity index (χ3v) is 6.00. The summed E-state index contributed by atoms with van der Waals surface area (Å²) in [7, 11) is 1.58. The van der Waals surface area contributed by atoms with Gasteiger partial charge >= 0.3 is 6.18 Å². The molecule has 0 unspecified atom stereocenters. The third-order valence-electron chi connectivity index (χ3n) is 6.00. The molecule has 0 aromatic heterocycles. The van der Waals surface area contributed by atoms with Crippen LogP contribution in [0.15, 0.2) is 36.4 Å². The Morgan fingerprint density at radius 3 is 2.50 bits per heavy atom. The van der Waals surface area contributed by atoms with Crippen molar-refractivity contribution in [1.82, 2.24) is 4.90 Å². The summed E-state index contributed by atoms with van der Waals surface area (Å²) in [5.41, 5.74) is 0.352. The highest BCUT2D eigenvalue weighted by atomic mass is 19.4. The number of likely N-dealkylation sites (tertiary alicyclic amines) is 1. The number of hydrogen-bond donors (Lipinski definition) is 0. The zero-order valence-electron chi connectivity index (χ0n) is 15.8. The second kappa shape index (κ2) is 7.39. The number of rotatable bonds is 5. The van der Waals surface area contributed by atoms with E-state index in [1.165, 1.54) is 0 Å². The molecule has 0 spiro atoms. The summed E-state index contributed by atoms with van der Waals surface area (Å²) >= 11 is 0. The van der Waals surface area contributed by atoms with E-state index in [0.717, 1.165) is 30.2 Å². The van der Waals surface area contributed by atoms with Crippen molar-refractivity contribution in [3.8, 4) is 5.75 Å². The van der Waals surface area contributed by atoms with Crippen LogP contribution >= 0.6 is 0 Å². The zero-order chi connectivity index (χ0) is 19.9. The van der Waals surface area contributed by atoms with Gasteiger partial charge in [0.1, 0.15) is 5.75 Å². The van der Waals surface area contributed by atoms with Gasteiger partial charge in [-0.1, -0.05) is 18.2 Å². The predicted molar refractivity (Wildman–Crippen MR) is 102 cm³/mol. The first-order valence-electron chi connectivity index (χ1n) is 9.76. The van der Waals surface area contributed by atoms with Crippen LogP contribution in [0.25, 0.3) is 10.8 Å². The first-order valence-corrected chi connectivity index (χ1v) is 9.76. The number of carbonyl (C=O) groups excluding carboxylic acids is 1. The minimum absolute atomic E-state index is 0.00257. The van der Waals surface area contributed by atoms with Crippen LogP contribution in [-0.4, -0.2) is 43.6 Å². The molecule has 0 radical (unpaired) electrons. The lowest BCUT2D eigenvalue weighted by Crippen LogP contribution is -2.49. The average Bonchev–Trinajstić information content (AvgIpc) is 3.49. The second-order valence-corrected chi connectivity index (χ2v) is 8.04. The molecule has 0 amide bonds. The summed E-state index contributed by atoms with van der Waals surface area (Å²) in [6.45, 7) is 1.42. The summed E-state index contributed by atoms with van der Waals surface area (Å²) in [5.74, 6) is -1.72. The van der Waals surface area contributed by atoms with Crippen molar-refractivity contribution in [2.75, 3.05) is 26.7 Å². The van der Waals surface area contributed by atoms with Gasteiger partial charge in [0.15, 0.2) is 5.78 Å². The van der Waals surface area contributed by atoms with Crippen LogP contribution in [0.4, 0.5) is 13.2 Å². The maximum Gasteiger partial charge on any atom is 0.392 e. The Kier molecular flexibility index (Phi) is 5.08. The molecule has 1 aliphatic heterocycles. The molecule has 3 nitrogen and oxygen atoms in total. The molecule has 6 heteroatoms. The van der Waals surface area contributed by atoms with Crippen molar-refractivity contribution in [3.63, 3.8) is 0 Å². The van der Waals surface area contributed by atoms with Gasteiger partial charge in [0, 0.05) is 24.6 Å². The van der Waals surface area contributed by atoms with Crippen LogP contribution in [-0.2, 0) is 0 Å². The molecular formula is C22H24F3NO2. The Hall–Kier alpha value is -2.08. The van der Waals surface area contributed by atoms with E-state index in [1.807, 2.05) is 17.0 Å². The van der Waals surface area contributed by atoms with E-state index in [0.29, 0.717) is 23.8 Å². The number of hydrogen-bond acceptors (Lipinski definition) is 3. The molecule has 1 saturated carbocycles. The molecule has 2 atom stereocenters. The van der Waals surface area contributed by atoms with Gasteiger partial charge in [0.2, 0.25) is 0 Å². The maximum absolute atomic E-state index is 13.6. The van der Waals surface area contributed by atoms with E-state index in [9.17, 15) is 18.0 Å². The van der Waals surface area contributed by atoms with E-state index in [4.69, 9.17) is 4.74 Å². The molecule has 1 heterocycles. The number of alkyl halides is 3. The number of ether oxygens (including phenoxy) is 1. The number of Topliss-reactive ketones (excluding diaryl/α,β-unsaturated/α-hetero) is 1. The molecule has 0 bridgehead atoms. The van der Waals surface area contributed by atoms with Gasteiger partial charge in [-0.3, -0.25) is 4.79 Å². The summed E-state index contributed by atoms with van der Waals surface area (Å²) in [4.78, 5) is 15.2. The van der Waals surface area contributed by atoms with Gasteiger partial charge in [-0.05, 0) is 60.7 Å². The van der Waals surface area contributed by atoms with Gasteiger partial charge in [0.25, 0.3) is 0 Å². The van der Waals surface area contributed by atoms with Crippen LogP contribution in [0, 0.1) is 17.8 Å². The van der Waals surface area contributed by atoms with Crippen molar-refractivity contribution in [2.45, 2.75) is 25.4 Å². The van der Waals surface area contributed by atoms with Crippen LogP contribution < -0.4 is 4.74 Å². The smallest absolute Gasteiger partial charge is 0.392 e. The normalized spacial score (nSPS) is 23.7. The fourth-order valence-corrected chi connectivity index (χ4v) is 4.23. The predicted octanol–water partition coefficient (Wildman–Crippen LogP) is 4.94. The number of halogens is 3. The summed E-state index contributed by atoms with van der Waals surface area (Å²) in [5, 5.41) is 1.71. The van der Waals surface area contributed by atoms with Gasteiger partial charge in [-0.2, -0.15) is 13.2 Å². The molecular weight excluding hydrogens is 367 g/mol. The molecule has 1 aliphatic carbocycles. The molecule has 4 rings (SSSR count). The van der Waals surface area contributed by atoms with Crippen LogP contribution in [0.1, 0.15) is 29.6 Å². The van der Waals surface area contributed by atoms with E-state index in [2.05, 4.69) is 0 Å². The molecule has 2 aromatic carbocycles.